The standard InChI is InChI=1S/C19H25N3O2S/c1-14-11-15(2)19(16(3)12-14)25(23,24)21-17-7-8-18(20-13-17)22-9-5-4-6-10-22/h7-8,11-13,21H,4-6,9-10H2,1-3H3. The van der Waals surface area contributed by atoms with Crippen LogP contribution in [0.2, 0.25) is 0 Å². The fourth-order valence-corrected chi connectivity index (χ4v) is 5.05. The predicted molar refractivity (Wildman–Crippen MR) is 102 cm³/mol. The first-order chi connectivity index (χ1) is 11.9. The normalized spacial score (nSPS) is 15.2. The van der Waals surface area contributed by atoms with Crippen molar-refractivity contribution in [3.05, 3.63) is 47.2 Å². The average Bonchev–Trinajstić information content (AvgIpc) is 2.54. The number of nitrogens with one attached hydrogen (secondary N) is 1. The summed E-state index contributed by atoms with van der Waals surface area (Å²) in [5.41, 5.74) is 3.05. The number of sulfonamides is 1. The number of nitrogens with zero attached hydrogens (tertiary/aromatic N) is 2. The maximum Gasteiger partial charge on any atom is 0.262 e. The van der Waals surface area contributed by atoms with Crippen LogP contribution in [-0.4, -0.2) is 26.5 Å². The van der Waals surface area contributed by atoms with Crippen LogP contribution in [0.15, 0.2) is 35.4 Å². The number of hydrogen-bond acceptors (Lipinski definition) is 4. The summed E-state index contributed by atoms with van der Waals surface area (Å²) in [7, 11) is -3.63. The summed E-state index contributed by atoms with van der Waals surface area (Å²) in [4.78, 5) is 7.03. The zero-order chi connectivity index (χ0) is 18.0. The van der Waals surface area contributed by atoms with Gasteiger partial charge in [-0.3, -0.25) is 4.72 Å². The molecule has 1 aliphatic rings. The number of aromatic nitrogens is 1. The molecule has 0 aliphatic carbocycles. The minimum absolute atomic E-state index is 0.346. The lowest BCUT2D eigenvalue weighted by Gasteiger charge is -2.27. The van der Waals surface area contributed by atoms with Crippen molar-refractivity contribution in [1.29, 1.82) is 0 Å². The van der Waals surface area contributed by atoms with E-state index in [9.17, 15) is 8.42 Å². The van der Waals surface area contributed by atoms with Crippen LogP contribution >= 0.6 is 0 Å². The van der Waals surface area contributed by atoms with Gasteiger partial charge in [-0.05, 0) is 63.3 Å². The lowest BCUT2D eigenvalue weighted by molar-refractivity contribution is 0.573. The minimum Gasteiger partial charge on any atom is -0.357 e. The number of piperidine rings is 1. The summed E-state index contributed by atoms with van der Waals surface area (Å²) < 4.78 is 28.2. The number of hydrogen-bond donors (Lipinski definition) is 1. The zero-order valence-electron chi connectivity index (χ0n) is 15.0. The lowest BCUT2D eigenvalue weighted by atomic mass is 10.1. The first-order valence-electron chi connectivity index (χ1n) is 8.68. The Labute approximate surface area is 150 Å². The van der Waals surface area contributed by atoms with E-state index in [4.69, 9.17) is 0 Å². The number of pyridine rings is 1. The van der Waals surface area contributed by atoms with Crippen molar-refractivity contribution in [2.24, 2.45) is 0 Å². The number of anilines is 2. The molecule has 1 aromatic carbocycles. The van der Waals surface area contributed by atoms with Crippen molar-refractivity contribution >= 4 is 21.5 Å². The van der Waals surface area contributed by atoms with Crippen LogP contribution < -0.4 is 9.62 Å². The number of rotatable bonds is 4. The monoisotopic (exact) mass is 359 g/mol. The van der Waals surface area contributed by atoms with Gasteiger partial charge < -0.3 is 4.90 Å². The van der Waals surface area contributed by atoms with Crippen molar-refractivity contribution in [2.75, 3.05) is 22.7 Å². The van der Waals surface area contributed by atoms with Gasteiger partial charge in [-0.25, -0.2) is 13.4 Å². The molecular formula is C19H25N3O2S. The second kappa shape index (κ2) is 7.04. The van der Waals surface area contributed by atoms with Crippen molar-refractivity contribution in [3.63, 3.8) is 0 Å². The Morgan fingerprint density at radius 1 is 1.00 bits per heavy atom. The highest BCUT2D eigenvalue weighted by atomic mass is 32.2. The van der Waals surface area contributed by atoms with E-state index in [1.54, 1.807) is 12.3 Å². The summed E-state index contributed by atoms with van der Waals surface area (Å²) in [6.45, 7) is 7.64. The molecule has 0 bridgehead atoms. The highest BCUT2D eigenvalue weighted by molar-refractivity contribution is 7.92. The van der Waals surface area contributed by atoms with Crippen molar-refractivity contribution in [3.8, 4) is 0 Å². The van der Waals surface area contributed by atoms with Gasteiger partial charge in [0, 0.05) is 13.1 Å². The molecule has 1 saturated heterocycles. The van der Waals surface area contributed by atoms with Crippen molar-refractivity contribution < 1.29 is 8.42 Å². The summed E-state index contributed by atoms with van der Waals surface area (Å²) in [6.07, 6.45) is 5.23. The first kappa shape index (κ1) is 17.7. The topological polar surface area (TPSA) is 62.3 Å². The van der Waals surface area contributed by atoms with E-state index in [-0.39, 0.29) is 0 Å². The van der Waals surface area contributed by atoms with Crippen molar-refractivity contribution in [1.82, 2.24) is 4.98 Å². The maximum absolute atomic E-state index is 12.8. The minimum atomic E-state index is -3.63. The predicted octanol–water partition coefficient (Wildman–Crippen LogP) is 3.80. The Hall–Kier alpha value is -2.08. The van der Waals surface area contributed by atoms with E-state index in [2.05, 4.69) is 14.6 Å². The number of aryl methyl sites for hydroxylation is 3. The van der Waals surface area contributed by atoms with Gasteiger partial charge in [-0.15, -0.1) is 0 Å². The van der Waals surface area contributed by atoms with E-state index in [0.717, 1.165) is 35.6 Å². The lowest BCUT2D eigenvalue weighted by Crippen LogP contribution is -2.30. The Kier molecular flexibility index (Phi) is 4.99. The Morgan fingerprint density at radius 3 is 2.20 bits per heavy atom. The summed E-state index contributed by atoms with van der Waals surface area (Å²) in [5.74, 6) is 0.908. The van der Waals surface area contributed by atoms with Crippen LogP contribution in [0.4, 0.5) is 11.5 Å². The van der Waals surface area contributed by atoms with Gasteiger partial charge in [0.2, 0.25) is 0 Å². The SMILES string of the molecule is Cc1cc(C)c(S(=O)(=O)Nc2ccc(N3CCCCC3)nc2)c(C)c1. The van der Waals surface area contributed by atoms with E-state index in [1.807, 2.05) is 39.0 Å². The van der Waals surface area contributed by atoms with Gasteiger partial charge >= 0.3 is 0 Å². The van der Waals surface area contributed by atoms with Gasteiger partial charge in [0.05, 0.1) is 16.8 Å². The molecule has 0 atom stereocenters. The van der Waals surface area contributed by atoms with Gasteiger partial charge in [0.1, 0.15) is 5.82 Å². The molecule has 1 N–H and O–H groups in total. The zero-order valence-corrected chi connectivity index (χ0v) is 15.9. The Morgan fingerprint density at radius 2 is 1.64 bits per heavy atom. The molecule has 0 unspecified atom stereocenters. The molecule has 5 nitrogen and oxygen atoms in total. The molecule has 2 aromatic rings. The second-order valence-corrected chi connectivity index (χ2v) is 8.41. The first-order valence-corrected chi connectivity index (χ1v) is 10.2. The second-order valence-electron chi connectivity index (χ2n) is 6.79. The quantitative estimate of drug-likeness (QED) is 0.902. The van der Waals surface area contributed by atoms with Crippen LogP contribution in [0.25, 0.3) is 0 Å². The van der Waals surface area contributed by atoms with Crippen LogP contribution in [-0.2, 0) is 10.0 Å². The van der Waals surface area contributed by atoms with Gasteiger partial charge in [-0.2, -0.15) is 0 Å². The molecule has 0 spiro atoms. The Balaban J connectivity index is 1.82. The molecule has 6 heteroatoms. The summed E-state index contributed by atoms with van der Waals surface area (Å²) in [5, 5.41) is 0. The largest absolute Gasteiger partial charge is 0.357 e. The highest BCUT2D eigenvalue weighted by Crippen LogP contribution is 2.25. The summed E-state index contributed by atoms with van der Waals surface area (Å²) >= 11 is 0. The fraction of sp³-hybridized carbons (Fsp3) is 0.421. The highest BCUT2D eigenvalue weighted by Gasteiger charge is 2.20. The third kappa shape index (κ3) is 3.95. The molecule has 1 aliphatic heterocycles. The molecule has 0 radical (unpaired) electrons. The third-order valence-electron chi connectivity index (χ3n) is 4.55. The maximum atomic E-state index is 12.8. The molecule has 0 saturated carbocycles. The molecular weight excluding hydrogens is 334 g/mol. The summed E-state index contributed by atoms with van der Waals surface area (Å²) in [6, 6.07) is 7.45. The van der Waals surface area contributed by atoms with E-state index in [0.29, 0.717) is 10.6 Å². The van der Waals surface area contributed by atoms with Gasteiger partial charge in [0.15, 0.2) is 0 Å². The number of benzene rings is 1. The molecule has 1 aromatic heterocycles. The molecule has 1 fully saturated rings. The van der Waals surface area contributed by atoms with Crippen LogP contribution in [0.5, 0.6) is 0 Å². The van der Waals surface area contributed by atoms with Gasteiger partial charge in [0.25, 0.3) is 10.0 Å². The molecule has 2 heterocycles. The smallest absolute Gasteiger partial charge is 0.262 e. The van der Waals surface area contributed by atoms with Crippen LogP contribution in [0.1, 0.15) is 36.0 Å². The third-order valence-corrected chi connectivity index (χ3v) is 6.24. The molecule has 3 rings (SSSR count). The van der Waals surface area contributed by atoms with E-state index < -0.39 is 10.0 Å². The van der Waals surface area contributed by atoms with Crippen LogP contribution in [0.3, 0.4) is 0 Å². The van der Waals surface area contributed by atoms with Gasteiger partial charge in [-0.1, -0.05) is 17.7 Å². The molecule has 0 amide bonds. The van der Waals surface area contributed by atoms with E-state index in [1.165, 1.54) is 19.3 Å². The fourth-order valence-electron chi connectivity index (χ4n) is 3.55. The molecule has 134 valence electrons. The van der Waals surface area contributed by atoms with Crippen LogP contribution in [0, 0.1) is 20.8 Å². The van der Waals surface area contributed by atoms with Crippen molar-refractivity contribution in [2.45, 2.75) is 44.9 Å². The molecule has 25 heavy (non-hydrogen) atoms. The Bertz CT molecular complexity index is 832. The van der Waals surface area contributed by atoms with E-state index >= 15 is 0 Å². The average molecular weight is 359 g/mol.